The molecule has 4 rings (SSSR count). The molecule has 122 valence electrons. The minimum atomic E-state index is -0.248. The van der Waals surface area contributed by atoms with Crippen molar-refractivity contribution in [3.63, 3.8) is 0 Å². The number of carbonyl (C=O) groups excluding carboxylic acids is 1. The van der Waals surface area contributed by atoms with Crippen molar-refractivity contribution < 1.29 is 9.18 Å². The van der Waals surface area contributed by atoms with E-state index in [1.807, 2.05) is 37.4 Å². The molecule has 2 aromatic carbocycles. The van der Waals surface area contributed by atoms with E-state index >= 15 is 0 Å². The van der Waals surface area contributed by atoms with E-state index in [1.165, 1.54) is 11.8 Å². The first-order valence-corrected chi connectivity index (χ1v) is 8.00. The van der Waals surface area contributed by atoms with Gasteiger partial charge < -0.3 is 14.8 Å². The maximum absolute atomic E-state index is 13.7. The number of hydrogen-bond donors (Lipinski definition) is 1. The molecule has 0 radical (unpaired) electrons. The number of benzene rings is 2. The lowest BCUT2D eigenvalue weighted by Gasteiger charge is -2.28. The highest BCUT2D eigenvalue weighted by molar-refractivity contribution is 5.91. The van der Waals surface area contributed by atoms with Crippen LogP contribution in [0.4, 0.5) is 14.9 Å². The van der Waals surface area contributed by atoms with Crippen LogP contribution in [0.1, 0.15) is 11.3 Å². The molecule has 0 atom stereocenters. The first-order valence-electron chi connectivity index (χ1n) is 8.00. The summed E-state index contributed by atoms with van der Waals surface area (Å²) in [5.74, 6) is -0.248. The number of carbonyl (C=O) groups is 1. The maximum atomic E-state index is 13.7. The zero-order chi connectivity index (χ0) is 16.7. The van der Waals surface area contributed by atoms with Gasteiger partial charge in [0.05, 0.1) is 0 Å². The number of halogens is 1. The molecule has 1 N–H and O–H groups in total. The van der Waals surface area contributed by atoms with Crippen molar-refractivity contribution in [2.45, 2.75) is 13.0 Å². The Balaban J connectivity index is 1.63. The lowest BCUT2D eigenvalue weighted by atomic mass is 10.0. The number of nitrogens with zero attached hydrogens (tertiary/aromatic N) is 2. The molecule has 4 nitrogen and oxygen atoms in total. The normalized spacial score (nSPS) is 13.8. The van der Waals surface area contributed by atoms with E-state index in [0.717, 1.165) is 28.6 Å². The Labute approximate surface area is 139 Å². The van der Waals surface area contributed by atoms with Crippen LogP contribution in [0, 0.1) is 5.82 Å². The summed E-state index contributed by atoms with van der Waals surface area (Å²) in [4.78, 5) is 14.3. The highest BCUT2D eigenvalue weighted by Crippen LogP contribution is 2.30. The first-order chi connectivity index (χ1) is 11.6. The third-order valence-corrected chi connectivity index (χ3v) is 4.68. The number of nitrogens with one attached hydrogen (secondary N) is 1. The van der Waals surface area contributed by atoms with Crippen LogP contribution in [-0.4, -0.2) is 22.0 Å². The summed E-state index contributed by atoms with van der Waals surface area (Å²) < 4.78 is 15.8. The van der Waals surface area contributed by atoms with Gasteiger partial charge in [0.25, 0.3) is 0 Å². The summed E-state index contributed by atoms with van der Waals surface area (Å²) in [6.45, 7) is 1.15. The monoisotopic (exact) mass is 323 g/mol. The SMILES string of the molecule is Cn1c2c(c3cc(F)ccc31)CN(C(=O)Nc1ccccc1)CC2. The van der Waals surface area contributed by atoms with Crippen LogP contribution in [0.15, 0.2) is 48.5 Å². The van der Waals surface area contributed by atoms with Gasteiger partial charge in [0.2, 0.25) is 0 Å². The Morgan fingerprint density at radius 3 is 2.75 bits per heavy atom. The second-order valence-corrected chi connectivity index (χ2v) is 6.11. The fourth-order valence-electron chi connectivity index (χ4n) is 3.45. The number of fused-ring (bicyclic) bond motifs is 3. The van der Waals surface area contributed by atoms with E-state index in [4.69, 9.17) is 0 Å². The molecule has 1 aliphatic heterocycles. The lowest BCUT2D eigenvalue weighted by molar-refractivity contribution is 0.206. The van der Waals surface area contributed by atoms with Crippen molar-refractivity contribution in [3.05, 3.63) is 65.6 Å². The van der Waals surface area contributed by atoms with Crippen molar-refractivity contribution in [2.75, 3.05) is 11.9 Å². The highest BCUT2D eigenvalue weighted by Gasteiger charge is 2.25. The van der Waals surface area contributed by atoms with Crippen molar-refractivity contribution in [2.24, 2.45) is 7.05 Å². The number of anilines is 1. The van der Waals surface area contributed by atoms with Gasteiger partial charge in [0.15, 0.2) is 0 Å². The van der Waals surface area contributed by atoms with E-state index < -0.39 is 0 Å². The second-order valence-electron chi connectivity index (χ2n) is 6.11. The minimum absolute atomic E-state index is 0.125. The van der Waals surface area contributed by atoms with Gasteiger partial charge in [-0.15, -0.1) is 0 Å². The highest BCUT2D eigenvalue weighted by atomic mass is 19.1. The van der Waals surface area contributed by atoms with E-state index in [-0.39, 0.29) is 11.8 Å². The van der Waals surface area contributed by atoms with E-state index in [0.29, 0.717) is 13.1 Å². The summed E-state index contributed by atoms with van der Waals surface area (Å²) in [5, 5.41) is 3.81. The van der Waals surface area contributed by atoms with Crippen molar-refractivity contribution in [1.29, 1.82) is 0 Å². The van der Waals surface area contributed by atoms with Gasteiger partial charge in [-0.2, -0.15) is 0 Å². The molecule has 0 bridgehead atoms. The molecule has 0 unspecified atom stereocenters. The van der Waals surface area contributed by atoms with Gasteiger partial charge in [0.1, 0.15) is 5.82 Å². The summed E-state index contributed by atoms with van der Waals surface area (Å²) in [7, 11) is 2.00. The third-order valence-electron chi connectivity index (χ3n) is 4.68. The molecule has 0 fully saturated rings. The summed E-state index contributed by atoms with van der Waals surface area (Å²) in [6, 6.07) is 14.1. The number of urea groups is 1. The smallest absolute Gasteiger partial charge is 0.322 e. The molecule has 1 aromatic heterocycles. The quantitative estimate of drug-likeness (QED) is 0.724. The average molecular weight is 323 g/mol. The first kappa shape index (κ1) is 14.8. The van der Waals surface area contributed by atoms with E-state index in [2.05, 4.69) is 9.88 Å². The fraction of sp³-hybridized carbons (Fsp3) is 0.211. The fourth-order valence-corrected chi connectivity index (χ4v) is 3.45. The summed E-state index contributed by atoms with van der Waals surface area (Å²) in [5.41, 5.74) is 4.00. The molecular formula is C19H18FN3O. The number of aromatic nitrogens is 1. The number of para-hydroxylation sites is 1. The zero-order valence-electron chi connectivity index (χ0n) is 13.4. The predicted octanol–water partition coefficient (Wildman–Crippen LogP) is 3.91. The Kier molecular flexibility index (Phi) is 3.49. The van der Waals surface area contributed by atoms with Crippen molar-refractivity contribution in [1.82, 2.24) is 9.47 Å². The summed E-state index contributed by atoms with van der Waals surface area (Å²) >= 11 is 0. The van der Waals surface area contributed by atoms with Gasteiger partial charge in [0, 0.05) is 54.4 Å². The molecule has 5 heteroatoms. The zero-order valence-corrected chi connectivity index (χ0v) is 13.4. The third kappa shape index (κ3) is 2.42. The molecule has 24 heavy (non-hydrogen) atoms. The van der Waals surface area contributed by atoms with Gasteiger partial charge in [-0.3, -0.25) is 0 Å². The van der Waals surface area contributed by atoms with Crippen LogP contribution in [0.2, 0.25) is 0 Å². The van der Waals surface area contributed by atoms with Gasteiger partial charge in [-0.25, -0.2) is 9.18 Å². The van der Waals surface area contributed by atoms with Gasteiger partial charge in [-0.1, -0.05) is 18.2 Å². The Hall–Kier alpha value is -2.82. The van der Waals surface area contributed by atoms with E-state index in [1.54, 1.807) is 17.0 Å². The van der Waals surface area contributed by atoms with E-state index in [9.17, 15) is 9.18 Å². The minimum Gasteiger partial charge on any atom is -0.347 e. The molecule has 0 saturated carbocycles. The van der Waals surface area contributed by atoms with Crippen LogP contribution in [0.5, 0.6) is 0 Å². The second kappa shape index (κ2) is 5.67. The molecular weight excluding hydrogens is 305 g/mol. The number of amides is 2. The molecule has 2 amide bonds. The van der Waals surface area contributed by atoms with Crippen molar-refractivity contribution >= 4 is 22.6 Å². The standard InChI is InChI=1S/C19H18FN3O/c1-22-17-8-7-13(20)11-15(17)16-12-23(10-9-18(16)22)19(24)21-14-5-3-2-4-6-14/h2-8,11H,9-10,12H2,1H3,(H,21,24). The lowest BCUT2D eigenvalue weighted by Crippen LogP contribution is -2.39. The number of aryl methyl sites for hydroxylation is 1. The van der Waals surface area contributed by atoms with Crippen LogP contribution >= 0.6 is 0 Å². The number of hydrogen-bond acceptors (Lipinski definition) is 1. The predicted molar refractivity (Wildman–Crippen MR) is 92.5 cm³/mol. The topological polar surface area (TPSA) is 37.3 Å². The number of rotatable bonds is 1. The Morgan fingerprint density at radius 2 is 1.96 bits per heavy atom. The molecule has 3 aromatic rings. The van der Waals surface area contributed by atoms with Crippen molar-refractivity contribution in [3.8, 4) is 0 Å². The molecule has 2 heterocycles. The summed E-state index contributed by atoms with van der Waals surface area (Å²) in [6.07, 6.45) is 0.768. The van der Waals surface area contributed by atoms with Crippen LogP contribution in [-0.2, 0) is 20.0 Å². The van der Waals surface area contributed by atoms with Crippen LogP contribution < -0.4 is 5.32 Å². The Morgan fingerprint density at radius 1 is 1.17 bits per heavy atom. The molecule has 0 saturated heterocycles. The maximum Gasteiger partial charge on any atom is 0.322 e. The van der Waals surface area contributed by atoms with Crippen LogP contribution in [0.25, 0.3) is 10.9 Å². The van der Waals surface area contributed by atoms with Gasteiger partial charge in [-0.05, 0) is 30.3 Å². The largest absolute Gasteiger partial charge is 0.347 e. The van der Waals surface area contributed by atoms with Crippen LogP contribution in [0.3, 0.4) is 0 Å². The van der Waals surface area contributed by atoms with Gasteiger partial charge >= 0.3 is 6.03 Å². The average Bonchev–Trinajstić information content (AvgIpc) is 2.87. The molecule has 0 aliphatic carbocycles. The molecule has 1 aliphatic rings. The molecule has 0 spiro atoms. The Bertz CT molecular complexity index is 917.